The van der Waals surface area contributed by atoms with Crippen LogP contribution < -0.4 is 5.32 Å². The van der Waals surface area contributed by atoms with E-state index in [9.17, 15) is 0 Å². The maximum absolute atomic E-state index is 3.31. The number of rotatable bonds is 4. The van der Waals surface area contributed by atoms with Crippen LogP contribution in [0.5, 0.6) is 0 Å². The van der Waals surface area contributed by atoms with Crippen LogP contribution in [-0.4, -0.2) is 37.1 Å². The van der Waals surface area contributed by atoms with E-state index in [0.717, 1.165) is 12.0 Å². The Balaban J connectivity index is 2.39. The minimum absolute atomic E-state index is 0.624. The molecule has 0 aliphatic carbocycles. The van der Waals surface area contributed by atoms with Gasteiger partial charge >= 0.3 is 0 Å². The molecule has 0 amide bonds. The van der Waals surface area contributed by atoms with Gasteiger partial charge in [0.25, 0.3) is 0 Å². The van der Waals surface area contributed by atoms with Gasteiger partial charge in [0.1, 0.15) is 0 Å². The molecule has 78 valence electrons. The maximum atomic E-state index is 3.31. The maximum Gasteiger partial charge on any atom is 0.0163 e. The highest BCUT2D eigenvalue weighted by atomic mass is 15.2. The van der Waals surface area contributed by atoms with Crippen molar-refractivity contribution < 1.29 is 0 Å². The molecular weight excluding hydrogens is 160 g/mol. The van der Waals surface area contributed by atoms with Gasteiger partial charge in [-0.2, -0.15) is 0 Å². The second kappa shape index (κ2) is 4.97. The molecule has 1 saturated heterocycles. The Labute approximate surface area is 82.7 Å². The number of nitrogens with one attached hydrogen (secondary N) is 1. The van der Waals surface area contributed by atoms with E-state index in [0.29, 0.717) is 6.04 Å². The van der Waals surface area contributed by atoms with Gasteiger partial charge in [0.15, 0.2) is 0 Å². The summed E-state index contributed by atoms with van der Waals surface area (Å²) in [7, 11) is 2.05. The zero-order chi connectivity index (χ0) is 9.84. The third kappa shape index (κ3) is 2.96. The fourth-order valence-electron chi connectivity index (χ4n) is 2.28. The number of hydrogen-bond acceptors (Lipinski definition) is 2. The fourth-order valence-corrected chi connectivity index (χ4v) is 2.28. The number of hydrogen-bond donors (Lipinski definition) is 1. The van der Waals surface area contributed by atoms with Gasteiger partial charge < -0.3 is 5.32 Å². The van der Waals surface area contributed by atoms with E-state index in [1.54, 1.807) is 0 Å². The Morgan fingerprint density at radius 3 is 2.62 bits per heavy atom. The largest absolute Gasteiger partial charge is 0.316 e. The number of nitrogens with zero attached hydrogens (tertiary/aromatic N) is 1. The van der Waals surface area contributed by atoms with Crippen LogP contribution in [0.3, 0.4) is 0 Å². The quantitative estimate of drug-likeness (QED) is 0.715. The first kappa shape index (κ1) is 11.0. The summed E-state index contributed by atoms with van der Waals surface area (Å²) in [6.45, 7) is 9.45. The molecule has 2 unspecified atom stereocenters. The van der Waals surface area contributed by atoms with E-state index in [2.05, 4.69) is 31.0 Å². The standard InChI is InChI=1S/C11H24N2/c1-9(2)11-6-5-7-13(11)8-10(3)12-4/h9-12H,5-8H2,1-4H3. The summed E-state index contributed by atoms with van der Waals surface area (Å²) >= 11 is 0. The van der Waals surface area contributed by atoms with Crippen LogP contribution in [0.1, 0.15) is 33.6 Å². The average Bonchev–Trinajstić information content (AvgIpc) is 2.52. The molecule has 0 spiro atoms. The Morgan fingerprint density at radius 1 is 1.38 bits per heavy atom. The lowest BCUT2D eigenvalue weighted by molar-refractivity contribution is 0.192. The molecule has 1 rings (SSSR count). The van der Waals surface area contributed by atoms with E-state index in [1.165, 1.54) is 25.9 Å². The SMILES string of the molecule is CNC(C)CN1CCCC1C(C)C. The second-order valence-corrected chi connectivity index (χ2v) is 4.64. The van der Waals surface area contributed by atoms with E-state index < -0.39 is 0 Å². The summed E-state index contributed by atoms with van der Waals surface area (Å²) in [6.07, 6.45) is 2.79. The van der Waals surface area contributed by atoms with E-state index in [1.807, 2.05) is 7.05 Å². The van der Waals surface area contributed by atoms with Gasteiger partial charge in [0.2, 0.25) is 0 Å². The zero-order valence-corrected chi connectivity index (χ0v) is 9.51. The highest BCUT2D eigenvalue weighted by Gasteiger charge is 2.27. The van der Waals surface area contributed by atoms with Gasteiger partial charge in [-0.1, -0.05) is 13.8 Å². The second-order valence-electron chi connectivity index (χ2n) is 4.64. The molecule has 0 bridgehead atoms. The molecule has 2 atom stereocenters. The molecule has 2 nitrogen and oxygen atoms in total. The van der Waals surface area contributed by atoms with Crippen molar-refractivity contribution in [3.8, 4) is 0 Å². The summed E-state index contributed by atoms with van der Waals surface area (Å²) in [4.78, 5) is 2.64. The van der Waals surface area contributed by atoms with Crippen molar-refractivity contribution in [2.45, 2.75) is 45.7 Å². The lowest BCUT2D eigenvalue weighted by atomic mass is 10.0. The third-order valence-electron chi connectivity index (χ3n) is 3.18. The normalized spacial score (nSPS) is 27.0. The summed E-state index contributed by atoms with van der Waals surface area (Å²) < 4.78 is 0. The molecule has 0 aromatic heterocycles. The highest BCUT2D eigenvalue weighted by Crippen LogP contribution is 2.23. The molecule has 0 saturated carbocycles. The Hall–Kier alpha value is -0.0800. The van der Waals surface area contributed by atoms with Crippen LogP contribution in [0.4, 0.5) is 0 Å². The molecule has 1 aliphatic heterocycles. The molecule has 0 radical (unpaired) electrons. The van der Waals surface area contributed by atoms with Crippen molar-refractivity contribution in [3.05, 3.63) is 0 Å². The zero-order valence-electron chi connectivity index (χ0n) is 9.51. The molecule has 1 N–H and O–H groups in total. The van der Waals surface area contributed by atoms with Crippen molar-refractivity contribution in [2.24, 2.45) is 5.92 Å². The van der Waals surface area contributed by atoms with Crippen LogP contribution in [0.15, 0.2) is 0 Å². The van der Waals surface area contributed by atoms with Gasteiger partial charge in [-0.05, 0) is 39.3 Å². The minimum atomic E-state index is 0.624. The summed E-state index contributed by atoms with van der Waals surface area (Å²) in [5.74, 6) is 0.812. The van der Waals surface area contributed by atoms with Gasteiger partial charge in [0.05, 0.1) is 0 Å². The lowest BCUT2D eigenvalue weighted by Gasteiger charge is -2.29. The van der Waals surface area contributed by atoms with E-state index in [-0.39, 0.29) is 0 Å². The molecule has 2 heteroatoms. The molecule has 1 heterocycles. The van der Waals surface area contributed by atoms with Crippen LogP contribution in [0, 0.1) is 5.92 Å². The van der Waals surface area contributed by atoms with Crippen molar-refractivity contribution in [1.82, 2.24) is 10.2 Å². The average molecular weight is 184 g/mol. The van der Waals surface area contributed by atoms with Gasteiger partial charge in [0, 0.05) is 18.6 Å². The molecule has 1 fully saturated rings. The summed E-state index contributed by atoms with van der Waals surface area (Å²) in [5.41, 5.74) is 0. The first-order chi connectivity index (χ1) is 6.15. The number of likely N-dealkylation sites (N-methyl/N-ethyl adjacent to an activating group) is 1. The van der Waals surface area contributed by atoms with Gasteiger partial charge in [-0.15, -0.1) is 0 Å². The molecule has 13 heavy (non-hydrogen) atoms. The smallest absolute Gasteiger partial charge is 0.0163 e. The van der Waals surface area contributed by atoms with Crippen molar-refractivity contribution >= 4 is 0 Å². The fraction of sp³-hybridized carbons (Fsp3) is 1.00. The predicted octanol–water partition coefficient (Wildman–Crippen LogP) is 1.71. The lowest BCUT2D eigenvalue weighted by Crippen LogP contribution is -2.42. The van der Waals surface area contributed by atoms with Crippen molar-refractivity contribution in [3.63, 3.8) is 0 Å². The van der Waals surface area contributed by atoms with Gasteiger partial charge in [-0.25, -0.2) is 0 Å². The molecule has 1 aliphatic rings. The summed E-state index contributed by atoms with van der Waals surface area (Å²) in [5, 5.41) is 3.31. The first-order valence-corrected chi connectivity index (χ1v) is 5.56. The van der Waals surface area contributed by atoms with Crippen LogP contribution in [0.2, 0.25) is 0 Å². The van der Waals surface area contributed by atoms with Gasteiger partial charge in [-0.3, -0.25) is 4.90 Å². The molecular formula is C11H24N2. The third-order valence-corrected chi connectivity index (χ3v) is 3.18. The summed E-state index contributed by atoms with van der Waals surface area (Å²) in [6, 6.07) is 1.45. The van der Waals surface area contributed by atoms with E-state index >= 15 is 0 Å². The van der Waals surface area contributed by atoms with Crippen LogP contribution in [0.25, 0.3) is 0 Å². The monoisotopic (exact) mass is 184 g/mol. The Bertz CT molecular complexity index is 145. The minimum Gasteiger partial charge on any atom is -0.316 e. The van der Waals surface area contributed by atoms with Crippen molar-refractivity contribution in [2.75, 3.05) is 20.1 Å². The Kier molecular flexibility index (Phi) is 4.20. The van der Waals surface area contributed by atoms with Crippen molar-refractivity contribution in [1.29, 1.82) is 0 Å². The molecule has 0 aromatic carbocycles. The topological polar surface area (TPSA) is 15.3 Å². The predicted molar refractivity (Wildman–Crippen MR) is 58.0 cm³/mol. The number of likely N-dealkylation sites (tertiary alicyclic amines) is 1. The van der Waals surface area contributed by atoms with Crippen LogP contribution >= 0.6 is 0 Å². The highest BCUT2D eigenvalue weighted by molar-refractivity contribution is 4.83. The molecule has 0 aromatic rings. The first-order valence-electron chi connectivity index (χ1n) is 5.56. The van der Waals surface area contributed by atoms with Crippen LogP contribution in [-0.2, 0) is 0 Å². The van der Waals surface area contributed by atoms with E-state index in [4.69, 9.17) is 0 Å². The Morgan fingerprint density at radius 2 is 2.08 bits per heavy atom.